The van der Waals surface area contributed by atoms with Crippen LogP contribution in [-0.2, 0) is 6.42 Å². The monoisotopic (exact) mass is 198 g/mol. The quantitative estimate of drug-likeness (QED) is 0.705. The molecule has 0 heterocycles. The zero-order valence-electron chi connectivity index (χ0n) is 8.66. The molecule has 0 radical (unpaired) electrons. The van der Waals surface area contributed by atoms with Gasteiger partial charge in [-0.05, 0) is 48.3 Å². The molecule has 3 rings (SSSR count). The fourth-order valence-electron chi connectivity index (χ4n) is 2.63. The van der Waals surface area contributed by atoms with E-state index in [9.17, 15) is 0 Å². The van der Waals surface area contributed by atoms with Gasteiger partial charge < -0.3 is 5.73 Å². The van der Waals surface area contributed by atoms with Crippen molar-refractivity contribution >= 4 is 5.69 Å². The molecule has 2 nitrogen and oxygen atoms in total. The Bertz CT molecular complexity index is 452. The molecular weight excluding hydrogens is 184 g/mol. The molecule has 0 aliphatic heterocycles. The van der Waals surface area contributed by atoms with Gasteiger partial charge in [0.1, 0.15) is 0 Å². The van der Waals surface area contributed by atoms with Gasteiger partial charge in [0.2, 0.25) is 0 Å². The van der Waals surface area contributed by atoms with Crippen LogP contribution in [0.5, 0.6) is 0 Å². The molecule has 2 aliphatic rings. The fourth-order valence-corrected chi connectivity index (χ4v) is 2.63. The van der Waals surface area contributed by atoms with Gasteiger partial charge in [0.15, 0.2) is 0 Å². The van der Waals surface area contributed by atoms with Crippen LogP contribution in [0.4, 0.5) is 5.69 Å². The molecule has 0 spiro atoms. The highest BCUT2D eigenvalue weighted by atomic mass is 14.6. The van der Waals surface area contributed by atoms with Gasteiger partial charge in [-0.3, -0.25) is 0 Å². The lowest BCUT2D eigenvalue weighted by atomic mass is 9.97. The van der Waals surface area contributed by atoms with Gasteiger partial charge in [0.05, 0.1) is 12.0 Å². The maximum absolute atomic E-state index is 9.00. The molecular formula is C13H14N2. The number of nitriles is 1. The van der Waals surface area contributed by atoms with E-state index >= 15 is 0 Å². The summed E-state index contributed by atoms with van der Waals surface area (Å²) in [5.74, 6) is 0.784. The number of fused-ring (bicyclic) bond motifs is 1. The molecule has 0 saturated heterocycles. The highest BCUT2D eigenvalue weighted by Crippen LogP contribution is 2.46. The highest BCUT2D eigenvalue weighted by Gasteiger charge is 2.30. The van der Waals surface area contributed by atoms with E-state index in [-0.39, 0.29) is 5.92 Å². The molecule has 2 N–H and O–H groups in total. The maximum Gasteiger partial charge on any atom is 0.0719 e. The topological polar surface area (TPSA) is 49.8 Å². The van der Waals surface area contributed by atoms with Crippen LogP contribution in [0, 0.1) is 11.3 Å². The van der Waals surface area contributed by atoms with E-state index in [2.05, 4.69) is 18.2 Å². The predicted octanol–water partition coefficient (Wildman–Crippen LogP) is 2.70. The number of nitrogens with two attached hydrogens (primary N) is 1. The standard InChI is InChI=1S/C13H14N2/c14-7-9-3-4-12-10(9)5-6-11(13(12)15)8-1-2-8/h5-6,8-9H,1-4,15H2. The molecule has 2 aliphatic carbocycles. The molecule has 15 heavy (non-hydrogen) atoms. The van der Waals surface area contributed by atoms with Crippen molar-refractivity contribution in [2.45, 2.75) is 37.5 Å². The van der Waals surface area contributed by atoms with Crippen molar-refractivity contribution in [1.29, 1.82) is 5.26 Å². The molecule has 1 saturated carbocycles. The highest BCUT2D eigenvalue weighted by molar-refractivity contribution is 5.62. The van der Waals surface area contributed by atoms with Gasteiger partial charge in [0, 0.05) is 5.69 Å². The summed E-state index contributed by atoms with van der Waals surface area (Å²) in [4.78, 5) is 0. The van der Waals surface area contributed by atoms with Gasteiger partial charge in [-0.25, -0.2) is 0 Å². The molecule has 76 valence electrons. The van der Waals surface area contributed by atoms with Crippen LogP contribution in [-0.4, -0.2) is 0 Å². The van der Waals surface area contributed by atoms with Gasteiger partial charge in [-0.15, -0.1) is 0 Å². The minimum Gasteiger partial charge on any atom is -0.398 e. The van der Waals surface area contributed by atoms with Gasteiger partial charge in [-0.1, -0.05) is 12.1 Å². The largest absolute Gasteiger partial charge is 0.398 e. The number of nitrogens with zero attached hydrogens (tertiary/aromatic N) is 1. The first kappa shape index (κ1) is 8.79. The number of anilines is 1. The Kier molecular flexibility index (Phi) is 1.76. The minimum atomic E-state index is 0.0792. The molecule has 1 aromatic carbocycles. The molecule has 1 unspecified atom stereocenters. The van der Waals surface area contributed by atoms with Crippen molar-refractivity contribution in [3.8, 4) is 6.07 Å². The van der Waals surface area contributed by atoms with E-state index in [1.54, 1.807) is 0 Å². The summed E-state index contributed by atoms with van der Waals surface area (Å²) in [5, 5.41) is 9.00. The summed E-state index contributed by atoms with van der Waals surface area (Å²) in [6.07, 6.45) is 4.50. The summed E-state index contributed by atoms with van der Waals surface area (Å²) in [6.45, 7) is 0. The van der Waals surface area contributed by atoms with Crippen LogP contribution < -0.4 is 5.73 Å². The first-order valence-electron chi connectivity index (χ1n) is 5.62. The van der Waals surface area contributed by atoms with E-state index in [0.29, 0.717) is 5.92 Å². The Morgan fingerprint density at radius 1 is 1.20 bits per heavy atom. The number of rotatable bonds is 1. The molecule has 0 amide bonds. The molecule has 0 bridgehead atoms. The van der Waals surface area contributed by atoms with E-state index in [4.69, 9.17) is 11.0 Å². The van der Waals surface area contributed by atoms with Crippen molar-refractivity contribution in [2.75, 3.05) is 5.73 Å². The minimum absolute atomic E-state index is 0.0792. The van der Waals surface area contributed by atoms with Crippen LogP contribution in [0.2, 0.25) is 0 Å². The lowest BCUT2D eigenvalue weighted by molar-refractivity contribution is 0.826. The third kappa shape index (κ3) is 1.23. The second-order valence-electron chi connectivity index (χ2n) is 4.63. The summed E-state index contributed by atoms with van der Waals surface area (Å²) in [5.41, 5.74) is 10.9. The summed E-state index contributed by atoms with van der Waals surface area (Å²) >= 11 is 0. The Balaban J connectivity index is 2.10. The summed E-state index contributed by atoms with van der Waals surface area (Å²) in [6, 6.07) is 6.62. The third-order valence-electron chi connectivity index (χ3n) is 3.66. The molecule has 1 aromatic rings. The zero-order chi connectivity index (χ0) is 10.4. The SMILES string of the molecule is N#CC1CCc2c1ccc(C1CC1)c2N. The van der Waals surface area contributed by atoms with Crippen molar-refractivity contribution in [3.63, 3.8) is 0 Å². The predicted molar refractivity (Wildman–Crippen MR) is 59.5 cm³/mol. The second kappa shape index (κ2) is 3.00. The fraction of sp³-hybridized carbons (Fsp3) is 0.462. The molecule has 0 aromatic heterocycles. The maximum atomic E-state index is 9.00. The van der Waals surface area contributed by atoms with Crippen LogP contribution in [0.3, 0.4) is 0 Å². The summed E-state index contributed by atoms with van der Waals surface area (Å²) < 4.78 is 0. The lowest BCUT2D eigenvalue weighted by Crippen LogP contribution is -1.99. The first-order chi connectivity index (χ1) is 7.31. The zero-order valence-corrected chi connectivity index (χ0v) is 8.66. The van der Waals surface area contributed by atoms with Crippen LogP contribution in [0.25, 0.3) is 0 Å². The average Bonchev–Trinajstić information content (AvgIpc) is 2.98. The normalized spacial score (nSPS) is 23.5. The molecule has 1 atom stereocenters. The molecule has 2 heteroatoms. The average molecular weight is 198 g/mol. The van der Waals surface area contributed by atoms with Gasteiger partial charge in [-0.2, -0.15) is 5.26 Å². The van der Waals surface area contributed by atoms with Crippen LogP contribution >= 0.6 is 0 Å². The smallest absolute Gasteiger partial charge is 0.0719 e. The molecule has 1 fully saturated rings. The van der Waals surface area contributed by atoms with E-state index in [1.165, 1.54) is 29.5 Å². The van der Waals surface area contributed by atoms with Crippen molar-refractivity contribution in [3.05, 3.63) is 28.8 Å². The Morgan fingerprint density at radius 3 is 2.60 bits per heavy atom. The third-order valence-corrected chi connectivity index (χ3v) is 3.66. The van der Waals surface area contributed by atoms with Gasteiger partial charge >= 0.3 is 0 Å². The lowest BCUT2D eigenvalue weighted by Gasteiger charge is -2.10. The van der Waals surface area contributed by atoms with E-state index < -0.39 is 0 Å². The number of hydrogen-bond donors (Lipinski definition) is 1. The van der Waals surface area contributed by atoms with Crippen LogP contribution in [0.1, 0.15) is 47.8 Å². The van der Waals surface area contributed by atoms with Crippen molar-refractivity contribution in [2.24, 2.45) is 0 Å². The van der Waals surface area contributed by atoms with Crippen LogP contribution in [0.15, 0.2) is 12.1 Å². The van der Waals surface area contributed by atoms with Crippen molar-refractivity contribution in [1.82, 2.24) is 0 Å². The van der Waals surface area contributed by atoms with E-state index in [1.807, 2.05) is 0 Å². The second-order valence-corrected chi connectivity index (χ2v) is 4.63. The summed E-state index contributed by atoms with van der Waals surface area (Å²) in [7, 11) is 0. The Labute approximate surface area is 89.7 Å². The number of hydrogen-bond acceptors (Lipinski definition) is 2. The number of nitrogen functional groups attached to an aromatic ring is 1. The van der Waals surface area contributed by atoms with Gasteiger partial charge in [0.25, 0.3) is 0 Å². The number of benzene rings is 1. The van der Waals surface area contributed by atoms with E-state index in [0.717, 1.165) is 18.5 Å². The Morgan fingerprint density at radius 2 is 1.93 bits per heavy atom. The van der Waals surface area contributed by atoms with Crippen molar-refractivity contribution < 1.29 is 0 Å². The Hall–Kier alpha value is -1.49. The first-order valence-corrected chi connectivity index (χ1v) is 5.62.